The quantitative estimate of drug-likeness (QED) is 0.736. The average Bonchev–Trinajstić information content (AvgIpc) is 2.99. The van der Waals surface area contributed by atoms with Crippen LogP contribution in [0.2, 0.25) is 0 Å². The highest BCUT2D eigenvalue weighted by atomic mass is 32.1. The van der Waals surface area contributed by atoms with Crippen LogP contribution in [0.1, 0.15) is 24.8 Å². The SMILES string of the molecule is COCCOCC(=O)N(Cc1ccsc1)C1CC12CCNCC2. The van der Waals surface area contributed by atoms with E-state index in [-0.39, 0.29) is 12.5 Å². The maximum atomic E-state index is 12.7. The van der Waals surface area contributed by atoms with E-state index in [0.717, 1.165) is 19.5 Å². The summed E-state index contributed by atoms with van der Waals surface area (Å²) >= 11 is 1.68. The van der Waals surface area contributed by atoms with Gasteiger partial charge in [0, 0.05) is 19.7 Å². The molecule has 0 bridgehead atoms. The molecule has 1 saturated heterocycles. The molecule has 1 aromatic heterocycles. The van der Waals surface area contributed by atoms with E-state index in [0.29, 0.717) is 31.2 Å². The number of carbonyl (C=O) groups is 1. The summed E-state index contributed by atoms with van der Waals surface area (Å²) in [5.41, 5.74) is 1.57. The van der Waals surface area contributed by atoms with E-state index >= 15 is 0 Å². The van der Waals surface area contributed by atoms with Gasteiger partial charge in [0.15, 0.2) is 0 Å². The summed E-state index contributed by atoms with van der Waals surface area (Å²) < 4.78 is 10.4. The molecular formula is C17H26N2O3S. The molecule has 3 rings (SSSR count). The van der Waals surface area contributed by atoms with Gasteiger partial charge < -0.3 is 19.7 Å². The number of hydrogen-bond donors (Lipinski definition) is 1. The van der Waals surface area contributed by atoms with Crippen molar-refractivity contribution in [2.45, 2.75) is 31.8 Å². The number of piperidine rings is 1. The lowest BCUT2D eigenvalue weighted by atomic mass is 9.93. The van der Waals surface area contributed by atoms with Crippen LogP contribution in [-0.2, 0) is 20.8 Å². The van der Waals surface area contributed by atoms with Crippen LogP contribution in [0.5, 0.6) is 0 Å². The number of nitrogens with one attached hydrogen (secondary N) is 1. The number of rotatable bonds is 8. The lowest BCUT2D eigenvalue weighted by Gasteiger charge is -2.29. The van der Waals surface area contributed by atoms with E-state index in [1.165, 1.54) is 18.4 Å². The van der Waals surface area contributed by atoms with E-state index in [9.17, 15) is 4.79 Å². The van der Waals surface area contributed by atoms with E-state index < -0.39 is 0 Å². The summed E-state index contributed by atoms with van der Waals surface area (Å²) in [6, 6.07) is 2.48. The molecular weight excluding hydrogens is 312 g/mol. The lowest BCUT2D eigenvalue weighted by Crippen LogP contribution is -2.40. The first kappa shape index (κ1) is 16.9. The number of thiophene rings is 1. The van der Waals surface area contributed by atoms with Crippen molar-refractivity contribution in [1.29, 1.82) is 0 Å². The van der Waals surface area contributed by atoms with Gasteiger partial charge in [0.2, 0.25) is 5.91 Å². The minimum absolute atomic E-state index is 0.104. The molecule has 1 aliphatic carbocycles. The molecule has 2 heterocycles. The van der Waals surface area contributed by atoms with Crippen LogP contribution in [0.3, 0.4) is 0 Å². The van der Waals surface area contributed by atoms with Crippen molar-refractivity contribution >= 4 is 17.2 Å². The van der Waals surface area contributed by atoms with Crippen molar-refractivity contribution < 1.29 is 14.3 Å². The van der Waals surface area contributed by atoms with Crippen LogP contribution in [0.25, 0.3) is 0 Å². The Morgan fingerprint density at radius 3 is 2.96 bits per heavy atom. The van der Waals surface area contributed by atoms with Crippen molar-refractivity contribution in [3.8, 4) is 0 Å². The Morgan fingerprint density at radius 2 is 2.26 bits per heavy atom. The fourth-order valence-electron chi connectivity index (χ4n) is 3.57. The molecule has 1 unspecified atom stereocenters. The summed E-state index contributed by atoms with van der Waals surface area (Å²) in [5.74, 6) is 0.104. The largest absolute Gasteiger partial charge is 0.382 e. The highest BCUT2D eigenvalue weighted by Gasteiger charge is 2.57. The summed E-state index contributed by atoms with van der Waals surface area (Å²) in [6.45, 7) is 3.99. The van der Waals surface area contributed by atoms with Gasteiger partial charge in [-0.2, -0.15) is 11.3 Å². The van der Waals surface area contributed by atoms with E-state index in [1.807, 2.05) is 0 Å². The fraction of sp³-hybridized carbons (Fsp3) is 0.706. The number of amides is 1. The molecule has 1 aliphatic heterocycles. The molecule has 2 fully saturated rings. The van der Waals surface area contributed by atoms with Gasteiger partial charge in [0.25, 0.3) is 0 Å². The average molecular weight is 338 g/mol. The molecule has 1 amide bonds. The van der Waals surface area contributed by atoms with Gasteiger partial charge in [-0.25, -0.2) is 0 Å². The Hall–Kier alpha value is -0.950. The second-order valence-electron chi connectivity index (χ2n) is 6.53. The van der Waals surface area contributed by atoms with Crippen LogP contribution >= 0.6 is 11.3 Å². The molecule has 2 aliphatic rings. The molecule has 23 heavy (non-hydrogen) atoms. The van der Waals surface area contributed by atoms with Crippen LogP contribution in [0.15, 0.2) is 16.8 Å². The number of methoxy groups -OCH3 is 1. The Bertz CT molecular complexity index is 500. The van der Waals surface area contributed by atoms with E-state index in [4.69, 9.17) is 9.47 Å². The number of hydrogen-bond acceptors (Lipinski definition) is 5. The van der Waals surface area contributed by atoms with Gasteiger partial charge in [-0.05, 0) is 60.2 Å². The normalized spacial score (nSPS) is 22.2. The lowest BCUT2D eigenvalue weighted by molar-refractivity contribution is -0.138. The zero-order valence-electron chi connectivity index (χ0n) is 13.8. The molecule has 0 aromatic carbocycles. The summed E-state index contributed by atoms with van der Waals surface area (Å²) in [7, 11) is 1.64. The van der Waals surface area contributed by atoms with Gasteiger partial charge in [0.05, 0.1) is 13.2 Å². The summed E-state index contributed by atoms with van der Waals surface area (Å²) in [6.07, 6.45) is 3.49. The van der Waals surface area contributed by atoms with Gasteiger partial charge in [-0.1, -0.05) is 0 Å². The van der Waals surface area contributed by atoms with Crippen molar-refractivity contribution in [3.05, 3.63) is 22.4 Å². The van der Waals surface area contributed by atoms with Gasteiger partial charge in [-0.3, -0.25) is 4.79 Å². The highest BCUT2D eigenvalue weighted by Crippen LogP contribution is 2.56. The Labute approximate surface area is 142 Å². The Kier molecular flexibility index (Phi) is 5.69. The predicted molar refractivity (Wildman–Crippen MR) is 90.5 cm³/mol. The van der Waals surface area contributed by atoms with Crippen LogP contribution in [-0.4, -0.2) is 56.9 Å². The molecule has 1 atom stereocenters. The molecule has 5 nitrogen and oxygen atoms in total. The van der Waals surface area contributed by atoms with Crippen molar-refractivity contribution in [3.63, 3.8) is 0 Å². The third-order valence-electron chi connectivity index (χ3n) is 5.03. The summed E-state index contributed by atoms with van der Waals surface area (Å²) in [4.78, 5) is 14.7. The van der Waals surface area contributed by atoms with E-state index in [1.54, 1.807) is 18.4 Å². The maximum Gasteiger partial charge on any atom is 0.249 e. The minimum atomic E-state index is 0.104. The molecule has 1 spiro atoms. The zero-order valence-corrected chi connectivity index (χ0v) is 14.6. The standard InChI is InChI=1S/C17H26N2O3S/c1-21-7-8-22-12-16(20)19(11-14-2-9-23-13-14)15-10-17(15)3-5-18-6-4-17/h2,9,13,15,18H,3-8,10-12H2,1H3. The molecule has 1 N–H and O–H groups in total. The number of nitrogens with zero attached hydrogens (tertiary/aromatic N) is 1. The molecule has 0 radical (unpaired) electrons. The second kappa shape index (κ2) is 7.75. The Morgan fingerprint density at radius 1 is 1.43 bits per heavy atom. The molecule has 1 saturated carbocycles. The van der Waals surface area contributed by atoms with Crippen LogP contribution in [0.4, 0.5) is 0 Å². The third-order valence-corrected chi connectivity index (χ3v) is 5.76. The monoisotopic (exact) mass is 338 g/mol. The minimum Gasteiger partial charge on any atom is -0.382 e. The summed E-state index contributed by atoms with van der Waals surface area (Å²) in [5, 5.41) is 7.62. The first-order valence-corrected chi connectivity index (χ1v) is 9.27. The van der Waals surface area contributed by atoms with Crippen LogP contribution < -0.4 is 5.32 Å². The molecule has 1 aromatic rings. The topological polar surface area (TPSA) is 50.8 Å². The predicted octanol–water partition coefficient (Wildman–Crippen LogP) is 1.88. The first-order valence-electron chi connectivity index (χ1n) is 8.33. The number of carbonyl (C=O) groups excluding carboxylic acids is 1. The number of ether oxygens (including phenoxy) is 2. The fourth-order valence-corrected chi connectivity index (χ4v) is 4.22. The van der Waals surface area contributed by atoms with E-state index in [2.05, 4.69) is 27.0 Å². The Balaban J connectivity index is 1.61. The van der Waals surface area contributed by atoms with Gasteiger partial charge >= 0.3 is 0 Å². The van der Waals surface area contributed by atoms with Gasteiger partial charge in [-0.15, -0.1) is 0 Å². The highest BCUT2D eigenvalue weighted by molar-refractivity contribution is 7.07. The van der Waals surface area contributed by atoms with Crippen molar-refractivity contribution in [2.24, 2.45) is 5.41 Å². The zero-order chi connectivity index (χ0) is 16.1. The van der Waals surface area contributed by atoms with Gasteiger partial charge in [0.1, 0.15) is 6.61 Å². The third kappa shape index (κ3) is 4.12. The molecule has 6 heteroatoms. The maximum absolute atomic E-state index is 12.7. The molecule has 128 valence electrons. The van der Waals surface area contributed by atoms with Crippen molar-refractivity contribution in [1.82, 2.24) is 10.2 Å². The van der Waals surface area contributed by atoms with Crippen molar-refractivity contribution in [2.75, 3.05) is 40.0 Å². The smallest absolute Gasteiger partial charge is 0.249 e. The first-order chi connectivity index (χ1) is 11.2. The second-order valence-corrected chi connectivity index (χ2v) is 7.31. The van der Waals surface area contributed by atoms with Crippen LogP contribution in [0, 0.1) is 5.41 Å².